The molecule has 0 aromatic heterocycles. The monoisotopic (exact) mass is 310 g/mol. The molecule has 0 aliphatic heterocycles. The van der Waals surface area contributed by atoms with Crippen LogP contribution in [0.25, 0.3) is 0 Å². The first kappa shape index (κ1) is 20.6. The van der Waals surface area contributed by atoms with Gasteiger partial charge in [-0.25, -0.2) is 0 Å². The molecule has 0 saturated carbocycles. The molecular weight excluding hydrogens is 280 g/mol. The van der Waals surface area contributed by atoms with E-state index in [-0.39, 0.29) is 17.7 Å². The van der Waals surface area contributed by atoms with Gasteiger partial charge >= 0.3 is 5.97 Å². The smallest absolute Gasteiger partial charge is 0.302 e. The number of ether oxygens (including phenoxy) is 2. The SMILES string of the molecule is CCOCC(CC(C)=CCCC(C)=CCOC(C)=O)C(C)=O. The molecule has 0 aliphatic carbocycles. The summed E-state index contributed by atoms with van der Waals surface area (Å²) < 4.78 is 10.2. The van der Waals surface area contributed by atoms with Crippen molar-refractivity contribution in [2.45, 2.75) is 53.9 Å². The largest absolute Gasteiger partial charge is 0.462 e. The van der Waals surface area contributed by atoms with Crippen LogP contribution in [0.3, 0.4) is 0 Å². The number of carbonyl (C=O) groups is 2. The molecule has 0 aromatic carbocycles. The summed E-state index contributed by atoms with van der Waals surface area (Å²) in [5.41, 5.74) is 2.41. The normalized spacial score (nSPS) is 13.9. The fraction of sp³-hybridized carbons (Fsp3) is 0.667. The van der Waals surface area contributed by atoms with Crippen LogP contribution in [0.4, 0.5) is 0 Å². The molecule has 0 aromatic rings. The van der Waals surface area contributed by atoms with Gasteiger partial charge in [0, 0.05) is 19.4 Å². The maximum atomic E-state index is 11.6. The number of allylic oxidation sites excluding steroid dienone is 3. The standard InChI is InChI=1S/C18H30O4/c1-6-21-13-18(16(4)19)12-15(3)9-7-8-14(2)10-11-22-17(5)20/h9-10,18H,6-8,11-13H2,1-5H3. The van der Waals surface area contributed by atoms with Gasteiger partial charge < -0.3 is 9.47 Å². The van der Waals surface area contributed by atoms with Crippen LogP contribution in [0, 0.1) is 5.92 Å². The van der Waals surface area contributed by atoms with Crippen LogP contribution in [0.15, 0.2) is 23.3 Å². The highest BCUT2D eigenvalue weighted by molar-refractivity contribution is 5.78. The van der Waals surface area contributed by atoms with Crippen LogP contribution >= 0.6 is 0 Å². The summed E-state index contributed by atoms with van der Waals surface area (Å²) in [6.07, 6.45) is 6.71. The molecule has 0 saturated heterocycles. The summed E-state index contributed by atoms with van der Waals surface area (Å²) >= 11 is 0. The number of Topliss-reactive ketones (excluding diaryl/α,β-unsaturated/α-hetero) is 1. The van der Waals surface area contributed by atoms with E-state index < -0.39 is 0 Å². The lowest BCUT2D eigenvalue weighted by Crippen LogP contribution is -2.18. The van der Waals surface area contributed by atoms with E-state index >= 15 is 0 Å². The second-order valence-electron chi connectivity index (χ2n) is 5.61. The maximum absolute atomic E-state index is 11.6. The van der Waals surface area contributed by atoms with Gasteiger partial charge in [0.25, 0.3) is 0 Å². The van der Waals surface area contributed by atoms with Crippen LogP contribution in [0.2, 0.25) is 0 Å². The first-order valence-electron chi connectivity index (χ1n) is 7.89. The molecule has 0 bridgehead atoms. The molecule has 126 valence electrons. The molecule has 0 heterocycles. The van der Waals surface area contributed by atoms with Crippen LogP contribution in [0.1, 0.15) is 53.9 Å². The van der Waals surface area contributed by atoms with Crippen molar-refractivity contribution in [2.24, 2.45) is 5.92 Å². The molecule has 1 atom stereocenters. The second kappa shape index (κ2) is 12.2. The molecule has 0 rings (SSSR count). The fourth-order valence-corrected chi connectivity index (χ4v) is 2.00. The average Bonchev–Trinajstić information content (AvgIpc) is 2.42. The van der Waals surface area contributed by atoms with E-state index in [0.717, 1.165) is 19.3 Å². The number of carbonyl (C=O) groups excluding carboxylic acids is 2. The van der Waals surface area contributed by atoms with Crippen LogP contribution in [0.5, 0.6) is 0 Å². The van der Waals surface area contributed by atoms with E-state index in [1.807, 2.05) is 19.9 Å². The van der Waals surface area contributed by atoms with Crippen molar-refractivity contribution in [1.29, 1.82) is 0 Å². The molecule has 0 aliphatic rings. The number of hydrogen-bond donors (Lipinski definition) is 0. The van der Waals surface area contributed by atoms with Gasteiger partial charge in [-0.3, -0.25) is 9.59 Å². The molecule has 0 N–H and O–H groups in total. The molecule has 4 nitrogen and oxygen atoms in total. The minimum absolute atomic E-state index is 0.0446. The zero-order valence-corrected chi connectivity index (χ0v) is 14.6. The third-order valence-electron chi connectivity index (χ3n) is 3.42. The Morgan fingerprint density at radius 3 is 2.27 bits per heavy atom. The molecule has 0 spiro atoms. The molecular formula is C18H30O4. The van der Waals surface area contributed by atoms with Crippen LogP contribution < -0.4 is 0 Å². The molecule has 1 unspecified atom stereocenters. The third-order valence-corrected chi connectivity index (χ3v) is 3.42. The predicted octanol–water partition coefficient (Wildman–Crippen LogP) is 3.85. The zero-order valence-electron chi connectivity index (χ0n) is 14.6. The van der Waals surface area contributed by atoms with Crippen molar-refractivity contribution < 1.29 is 19.1 Å². The Hall–Kier alpha value is -1.42. The number of hydrogen-bond acceptors (Lipinski definition) is 4. The van der Waals surface area contributed by atoms with Crippen molar-refractivity contribution in [2.75, 3.05) is 19.8 Å². The number of esters is 1. The summed E-state index contributed by atoms with van der Waals surface area (Å²) in [5.74, 6) is -0.125. The van der Waals surface area contributed by atoms with Crippen molar-refractivity contribution in [3.8, 4) is 0 Å². The summed E-state index contributed by atoms with van der Waals surface area (Å²) in [5, 5.41) is 0. The lowest BCUT2D eigenvalue weighted by molar-refractivity contribution is -0.139. The molecule has 0 fully saturated rings. The number of rotatable bonds is 11. The van der Waals surface area contributed by atoms with Gasteiger partial charge in [0.15, 0.2) is 0 Å². The van der Waals surface area contributed by atoms with Gasteiger partial charge in [-0.15, -0.1) is 0 Å². The van der Waals surface area contributed by atoms with Crippen molar-refractivity contribution in [3.63, 3.8) is 0 Å². The highest BCUT2D eigenvalue weighted by Crippen LogP contribution is 2.15. The summed E-state index contributed by atoms with van der Waals surface area (Å²) in [4.78, 5) is 22.2. The molecule has 0 radical (unpaired) electrons. The Bertz CT molecular complexity index is 407. The third kappa shape index (κ3) is 11.3. The van der Waals surface area contributed by atoms with Gasteiger partial charge in [-0.2, -0.15) is 0 Å². The average molecular weight is 310 g/mol. The summed E-state index contributed by atoms with van der Waals surface area (Å²) in [7, 11) is 0. The predicted molar refractivity (Wildman–Crippen MR) is 88.7 cm³/mol. The van der Waals surface area contributed by atoms with E-state index in [0.29, 0.717) is 19.8 Å². The lowest BCUT2D eigenvalue weighted by atomic mass is 9.96. The van der Waals surface area contributed by atoms with Gasteiger partial charge in [-0.05, 0) is 53.0 Å². The highest BCUT2D eigenvalue weighted by Gasteiger charge is 2.14. The Kier molecular flexibility index (Phi) is 11.4. The summed E-state index contributed by atoms with van der Waals surface area (Å²) in [6.45, 7) is 10.5. The quantitative estimate of drug-likeness (QED) is 0.429. The van der Waals surface area contributed by atoms with E-state index in [2.05, 4.69) is 13.0 Å². The van der Waals surface area contributed by atoms with Gasteiger partial charge in [0.1, 0.15) is 12.4 Å². The van der Waals surface area contributed by atoms with Crippen molar-refractivity contribution in [1.82, 2.24) is 0 Å². The molecule has 4 heteroatoms. The number of ketones is 1. The van der Waals surface area contributed by atoms with Crippen molar-refractivity contribution >= 4 is 11.8 Å². The van der Waals surface area contributed by atoms with E-state index in [1.54, 1.807) is 6.92 Å². The van der Waals surface area contributed by atoms with Gasteiger partial charge in [0.05, 0.1) is 6.61 Å². The maximum Gasteiger partial charge on any atom is 0.302 e. The lowest BCUT2D eigenvalue weighted by Gasteiger charge is -2.14. The Morgan fingerprint density at radius 1 is 1.05 bits per heavy atom. The van der Waals surface area contributed by atoms with Gasteiger partial charge in [-0.1, -0.05) is 17.2 Å². The fourth-order valence-electron chi connectivity index (χ4n) is 2.00. The topological polar surface area (TPSA) is 52.6 Å². The van der Waals surface area contributed by atoms with E-state index in [1.165, 1.54) is 18.1 Å². The van der Waals surface area contributed by atoms with E-state index in [9.17, 15) is 9.59 Å². The zero-order chi connectivity index (χ0) is 17.0. The molecule has 0 amide bonds. The van der Waals surface area contributed by atoms with Gasteiger partial charge in [0.2, 0.25) is 0 Å². The van der Waals surface area contributed by atoms with Crippen LogP contribution in [-0.4, -0.2) is 31.6 Å². The second-order valence-corrected chi connectivity index (χ2v) is 5.61. The molecule has 22 heavy (non-hydrogen) atoms. The van der Waals surface area contributed by atoms with Crippen LogP contribution in [-0.2, 0) is 19.1 Å². The first-order chi connectivity index (χ1) is 10.4. The summed E-state index contributed by atoms with van der Waals surface area (Å²) in [6, 6.07) is 0. The Morgan fingerprint density at radius 2 is 1.73 bits per heavy atom. The minimum Gasteiger partial charge on any atom is -0.462 e. The Labute approximate surface area is 134 Å². The highest BCUT2D eigenvalue weighted by atomic mass is 16.5. The first-order valence-corrected chi connectivity index (χ1v) is 7.89. The Balaban J connectivity index is 4.19. The van der Waals surface area contributed by atoms with Crippen molar-refractivity contribution in [3.05, 3.63) is 23.3 Å². The van der Waals surface area contributed by atoms with E-state index in [4.69, 9.17) is 9.47 Å². The minimum atomic E-state index is -0.260.